The summed E-state index contributed by atoms with van der Waals surface area (Å²) in [5, 5.41) is 10.5. The molecule has 2 nitrogen and oxygen atoms in total. The van der Waals surface area contributed by atoms with E-state index in [0.29, 0.717) is 0 Å². The van der Waals surface area contributed by atoms with Crippen molar-refractivity contribution in [2.24, 2.45) is 0 Å². The van der Waals surface area contributed by atoms with Gasteiger partial charge in [0.1, 0.15) is 0 Å². The predicted molar refractivity (Wildman–Crippen MR) is 244 cm³/mol. The summed E-state index contributed by atoms with van der Waals surface area (Å²) in [4.78, 5) is 0. The fourth-order valence-corrected chi connectivity index (χ4v) is 14.2. The number of fused-ring (bicyclic) bond motifs is 7. The van der Waals surface area contributed by atoms with Crippen molar-refractivity contribution in [2.45, 2.75) is 0 Å². The first-order valence-corrected chi connectivity index (χ1v) is 21.7. The van der Waals surface area contributed by atoms with Gasteiger partial charge in [-0.1, -0.05) is 188 Å². The van der Waals surface area contributed by atoms with Crippen molar-refractivity contribution in [3.63, 3.8) is 0 Å². The number of nitrogens with zero attached hydrogens (tertiary/aromatic N) is 2. The van der Waals surface area contributed by atoms with Gasteiger partial charge in [-0.05, 0) is 74.3 Å². The molecule has 2 aromatic heterocycles. The van der Waals surface area contributed by atoms with E-state index in [1.807, 2.05) is 0 Å². The highest BCUT2D eigenvalue weighted by Gasteiger charge is 2.41. The van der Waals surface area contributed by atoms with Gasteiger partial charge in [0.15, 0.2) is 8.07 Å². The van der Waals surface area contributed by atoms with Gasteiger partial charge in [-0.25, -0.2) is 0 Å². The molecule has 2 heterocycles. The van der Waals surface area contributed by atoms with Gasteiger partial charge in [0, 0.05) is 32.9 Å². The molecule has 11 rings (SSSR count). The van der Waals surface area contributed by atoms with Crippen LogP contribution in [0.5, 0.6) is 0 Å². The van der Waals surface area contributed by atoms with Crippen molar-refractivity contribution in [3.8, 4) is 22.5 Å². The van der Waals surface area contributed by atoms with Crippen molar-refractivity contribution < 1.29 is 0 Å². The molecule has 0 unspecified atom stereocenters. The predicted octanol–water partition coefficient (Wildman–Crippen LogP) is 10.9. The molecule has 0 aliphatic heterocycles. The minimum absolute atomic E-state index is 1.14. The molecule has 0 saturated heterocycles. The van der Waals surface area contributed by atoms with Crippen LogP contribution in [0.25, 0.3) is 66.1 Å². The molecule has 0 atom stereocenters. The van der Waals surface area contributed by atoms with E-state index in [1.54, 1.807) is 0 Å². The summed E-state index contributed by atoms with van der Waals surface area (Å²) in [5.41, 5.74) is 9.55. The lowest BCUT2D eigenvalue weighted by molar-refractivity contribution is 1.17. The van der Waals surface area contributed by atoms with Crippen LogP contribution in [-0.4, -0.2) is 17.2 Å². The van der Waals surface area contributed by atoms with Gasteiger partial charge >= 0.3 is 0 Å². The summed E-state index contributed by atoms with van der Waals surface area (Å²) in [5.74, 6) is 0. The van der Waals surface area contributed by atoms with Crippen LogP contribution in [0.1, 0.15) is 0 Å². The van der Waals surface area contributed by atoms with Crippen molar-refractivity contribution in [3.05, 3.63) is 231 Å². The van der Waals surface area contributed by atoms with Crippen LogP contribution in [-0.2, 0) is 0 Å². The Kier molecular flexibility index (Phi) is 7.87. The molecule has 57 heavy (non-hydrogen) atoms. The highest BCUT2D eigenvalue weighted by molar-refractivity contribution is 7.19. The Balaban J connectivity index is 1.14. The normalized spacial score (nSPS) is 11.9. The van der Waals surface area contributed by atoms with E-state index in [-0.39, 0.29) is 0 Å². The van der Waals surface area contributed by atoms with Crippen molar-refractivity contribution >= 4 is 72.4 Å². The van der Waals surface area contributed by atoms with Gasteiger partial charge in [-0.15, -0.1) is 0 Å². The summed E-state index contributed by atoms with van der Waals surface area (Å²) in [6, 6.07) is 85.1. The lowest BCUT2D eigenvalue weighted by Crippen LogP contribution is -2.74. The second-order valence-corrected chi connectivity index (χ2v) is 18.7. The number of rotatable bonds is 7. The van der Waals surface area contributed by atoms with Crippen LogP contribution >= 0.6 is 0 Å². The quantitative estimate of drug-likeness (QED) is 0.114. The molecular weight excluding hydrogens is 705 g/mol. The summed E-state index contributed by atoms with van der Waals surface area (Å²) < 4.78 is 4.91. The number of hydrogen-bond acceptors (Lipinski definition) is 0. The van der Waals surface area contributed by atoms with Crippen LogP contribution < -0.4 is 20.7 Å². The minimum atomic E-state index is -2.68. The van der Waals surface area contributed by atoms with E-state index >= 15 is 0 Å². The van der Waals surface area contributed by atoms with Crippen LogP contribution in [0, 0.1) is 0 Å². The molecule has 0 N–H and O–H groups in total. The highest BCUT2D eigenvalue weighted by Crippen LogP contribution is 2.42. The SMILES string of the molecule is c1ccc(-n2c3ccccc3c3ccc4c(c5ccccc5n4-c4cccc(-c5cccc([Si](c6ccccc6)(c6ccccc6)c6ccccc6)c5)c4)c32)cc1. The maximum atomic E-state index is 2.46. The van der Waals surface area contributed by atoms with Gasteiger partial charge in [0.2, 0.25) is 0 Å². The van der Waals surface area contributed by atoms with E-state index in [4.69, 9.17) is 0 Å². The Bertz CT molecular complexity index is 3120. The van der Waals surface area contributed by atoms with Crippen molar-refractivity contribution in [2.75, 3.05) is 0 Å². The molecule has 3 heteroatoms. The van der Waals surface area contributed by atoms with E-state index in [0.717, 1.165) is 11.4 Å². The monoisotopic (exact) mass is 742 g/mol. The zero-order chi connectivity index (χ0) is 37.8. The summed E-state index contributed by atoms with van der Waals surface area (Å²) >= 11 is 0. The third-order valence-electron chi connectivity index (χ3n) is 11.8. The average molecular weight is 743 g/mol. The van der Waals surface area contributed by atoms with E-state index < -0.39 is 8.07 Å². The lowest BCUT2D eigenvalue weighted by atomic mass is 10.0. The third kappa shape index (κ3) is 5.17. The second-order valence-electron chi connectivity index (χ2n) is 14.9. The Hall–Kier alpha value is -7.20. The van der Waals surface area contributed by atoms with Crippen molar-refractivity contribution in [1.29, 1.82) is 0 Å². The molecule has 11 aromatic rings. The number of para-hydroxylation sites is 3. The maximum absolute atomic E-state index is 2.68. The van der Waals surface area contributed by atoms with Crippen LogP contribution in [0.4, 0.5) is 0 Å². The Labute approximate surface area is 333 Å². The molecule has 0 saturated carbocycles. The molecule has 0 spiro atoms. The first kappa shape index (κ1) is 33.2. The number of hydrogen-bond donors (Lipinski definition) is 0. The molecule has 0 aliphatic carbocycles. The van der Waals surface area contributed by atoms with Gasteiger partial charge in [-0.3, -0.25) is 0 Å². The average Bonchev–Trinajstić information content (AvgIpc) is 3.81. The second kappa shape index (κ2) is 13.5. The molecular formula is C54H38N2Si. The standard InChI is InChI=1S/C54H38N2Si/c1-5-21-41(22-6-1)56-50-33-15-13-31-47(50)48-35-36-52-53(54(48)56)49-32-14-16-34-51(49)55(52)42-23-17-19-39(37-42)40-20-18-30-46(38-40)57(43-24-7-2-8-25-43,44-26-9-3-10-27-44)45-28-11-4-12-29-45/h1-38H. The zero-order valence-corrected chi connectivity index (χ0v) is 32.3. The fraction of sp³-hybridized carbons (Fsp3) is 0. The Morgan fingerprint density at radius 2 is 0.754 bits per heavy atom. The first-order chi connectivity index (χ1) is 28.3. The van der Waals surface area contributed by atoms with Gasteiger partial charge in [0.25, 0.3) is 0 Å². The van der Waals surface area contributed by atoms with Crippen LogP contribution in [0.2, 0.25) is 0 Å². The third-order valence-corrected chi connectivity index (χ3v) is 16.6. The van der Waals surface area contributed by atoms with Crippen molar-refractivity contribution in [1.82, 2.24) is 9.13 Å². The fourth-order valence-electron chi connectivity index (χ4n) is 9.45. The summed E-state index contributed by atoms with van der Waals surface area (Å²) in [6.45, 7) is 0. The molecule has 0 fully saturated rings. The first-order valence-electron chi connectivity index (χ1n) is 19.7. The van der Waals surface area contributed by atoms with Gasteiger partial charge in [0.05, 0.1) is 22.1 Å². The molecule has 0 radical (unpaired) electrons. The molecule has 0 bridgehead atoms. The van der Waals surface area contributed by atoms with E-state index in [9.17, 15) is 0 Å². The van der Waals surface area contributed by atoms with E-state index in [1.165, 1.54) is 75.5 Å². The lowest BCUT2D eigenvalue weighted by Gasteiger charge is -2.34. The Morgan fingerprint density at radius 1 is 0.281 bits per heavy atom. The smallest absolute Gasteiger partial charge is 0.179 e. The number of aromatic nitrogens is 2. The van der Waals surface area contributed by atoms with Gasteiger partial charge < -0.3 is 9.13 Å². The van der Waals surface area contributed by atoms with Gasteiger partial charge in [-0.2, -0.15) is 0 Å². The highest BCUT2D eigenvalue weighted by atomic mass is 28.3. The number of benzene rings is 9. The molecule has 0 aliphatic rings. The summed E-state index contributed by atoms with van der Waals surface area (Å²) in [7, 11) is -2.68. The molecule has 268 valence electrons. The van der Waals surface area contributed by atoms with E-state index in [2.05, 4.69) is 240 Å². The molecule has 9 aromatic carbocycles. The van der Waals surface area contributed by atoms with Crippen LogP contribution in [0.15, 0.2) is 231 Å². The van der Waals surface area contributed by atoms with Crippen LogP contribution in [0.3, 0.4) is 0 Å². The Morgan fingerprint density at radius 3 is 1.39 bits per heavy atom. The summed E-state index contributed by atoms with van der Waals surface area (Å²) in [6.07, 6.45) is 0. The topological polar surface area (TPSA) is 9.86 Å². The minimum Gasteiger partial charge on any atom is -0.309 e. The zero-order valence-electron chi connectivity index (χ0n) is 31.3. The maximum Gasteiger partial charge on any atom is 0.179 e. The largest absolute Gasteiger partial charge is 0.309 e. The molecule has 0 amide bonds.